The molecule has 2 aromatic rings. The van der Waals surface area contributed by atoms with Crippen LogP contribution in [0.3, 0.4) is 0 Å². The number of aromatic nitrogens is 1. The molecule has 1 aliphatic rings. The lowest BCUT2D eigenvalue weighted by molar-refractivity contribution is 0.233. The van der Waals surface area contributed by atoms with Gasteiger partial charge in [0.05, 0.1) is 5.52 Å². The molecule has 0 saturated carbocycles. The summed E-state index contributed by atoms with van der Waals surface area (Å²) >= 11 is 0. The third kappa shape index (κ3) is 2.74. The maximum atomic E-state index is 12.5. The molecule has 1 saturated heterocycles. The summed E-state index contributed by atoms with van der Waals surface area (Å²) in [5.74, 6) is 0. The second kappa shape index (κ2) is 5.62. The smallest absolute Gasteiger partial charge is 0.255 e. The van der Waals surface area contributed by atoms with E-state index >= 15 is 0 Å². The van der Waals surface area contributed by atoms with Crippen LogP contribution in [0.2, 0.25) is 0 Å². The number of aryl methyl sites for hydroxylation is 1. The molecule has 1 aromatic carbocycles. The molecular formula is C17H23N3O. The number of hydrogen-bond donors (Lipinski definition) is 0. The number of nitrogens with zero attached hydrogens (tertiary/aromatic N) is 3. The molecule has 1 fully saturated rings. The van der Waals surface area contributed by atoms with Gasteiger partial charge in [0.1, 0.15) is 0 Å². The lowest BCUT2D eigenvalue weighted by atomic mass is 10.1. The Morgan fingerprint density at radius 2 is 2.05 bits per heavy atom. The van der Waals surface area contributed by atoms with Crippen LogP contribution >= 0.6 is 0 Å². The molecule has 0 radical (unpaired) electrons. The minimum atomic E-state index is 0.118. The van der Waals surface area contributed by atoms with Gasteiger partial charge in [-0.05, 0) is 44.6 Å². The number of benzene rings is 1. The van der Waals surface area contributed by atoms with Gasteiger partial charge in [-0.3, -0.25) is 9.69 Å². The molecule has 0 aliphatic carbocycles. The summed E-state index contributed by atoms with van der Waals surface area (Å²) in [5, 5.41) is 1.13. The first-order valence-corrected chi connectivity index (χ1v) is 7.52. The molecule has 0 bridgehead atoms. The molecule has 1 aromatic heterocycles. The van der Waals surface area contributed by atoms with Gasteiger partial charge in [-0.15, -0.1) is 0 Å². The van der Waals surface area contributed by atoms with E-state index in [1.54, 1.807) is 4.57 Å². The molecule has 3 rings (SSSR count). The summed E-state index contributed by atoms with van der Waals surface area (Å²) in [4.78, 5) is 17.2. The van der Waals surface area contributed by atoms with Crippen LogP contribution in [0.1, 0.15) is 12.0 Å². The van der Waals surface area contributed by atoms with E-state index in [4.69, 9.17) is 0 Å². The predicted octanol–water partition coefficient (Wildman–Crippen LogP) is 1.67. The first-order chi connectivity index (χ1) is 10.1. The summed E-state index contributed by atoms with van der Waals surface area (Å²) in [6.07, 6.45) is 1.18. The average Bonchev–Trinajstić information content (AvgIpc) is 2.91. The van der Waals surface area contributed by atoms with Gasteiger partial charge in [0.15, 0.2) is 0 Å². The molecule has 0 amide bonds. The van der Waals surface area contributed by atoms with Gasteiger partial charge < -0.3 is 9.47 Å². The highest BCUT2D eigenvalue weighted by Gasteiger charge is 2.23. The fourth-order valence-corrected chi connectivity index (χ4v) is 3.27. The van der Waals surface area contributed by atoms with Gasteiger partial charge >= 0.3 is 0 Å². The number of pyridine rings is 1. The normalized spacial score (nSPS) is 19.7. The van der Waals surface area contributed by atoms with Crippen LogP contribution in [0, 0.1) is 0 Å². The van der Waals surface area contributed by atoms with Crippen LogP contribution in [0.5, 0.6) is 0 Å². The maximum absolute atomic E-state index is 12.5. The van der Waals surface area contributed by atoms with E-state index < -0.39 is 0 Å². The number of para-hydroxylation sites is 1. The summed E-state index contributed by atoms with van der Waals surface area (Å²) < 4.78 is 1.76. The Balaban J connectivity index is 1.90. The fourth-order valence-electron chi connectivity index (χ4n) is 3.27. The molecule has 2 heterocycles. The van der Waals surface area contributed by atoms with E-state index in [9.17, 15) is 4.79 Å². The quantitative estimate of drug-likeness (QED) is 0.859. The topological polar surface area (TPSA) is 28.5 Å². The largest absolute Gasteiger partial charge is 0.311 e. The number of hydrogen-bond acceptors (Lipinski definition) is 3. The second-order valence-electron chi connectivity index (χ2n) is 6.21. The van der Waals surface area contributed by atoms with E-state index in [0.29, 0.717) is 6.04 Å². The Bertz CT molecular complexity index is 707. The van der Waals surface area contributed by atoms with Crippen molar-refractivity contribution in [1.29, 1.82) is 0 Å². The minimum Gasteiger partial charge on any atom is -0.311 e. The van der Waals surface area contributed by atoms with Crippen molar-refractivity contribution < 1.29 is 0 Å². The third-order valence-electron chi connectivity index (χ3n) is 4.62. The average molecular weight is 285 g/mol. The maximum Gasteiger partial charge on any atom is 0.255 e. The molecule has 4 nitrogen and oxygen atoms in total. The number of fused-ring (bicyclic) bond motifs is 1. The van der Waals surface area contributed by atoms with Crippen molar-refractivity contribution in [2.75, 3.05) is 27.2 Å². The Morgan fingerprint density at radius 1 is 1.29 bits per heavy atom. The third-order valence-corrected chi connectivity index (χ3v) is 4.62. The standard InChI is InChI=1S/C17H23N3O/c1-18-9-8-15(12-18)19(2)11-14-10-13-6-4-5-7-16(13)20(3)17(14)21/h4-7,10,15H,8-9,11-12H2,1-3H3/t15-/m0/s1. The lowest BCUT2D eigenvalue weighted by Crippen LogP contribution is -2.35. The van der Waals surface area contributed by atoms with Gasteiger partial charge in [0.25, 0.3) is 5.56 Å². The van der Waals surface area contributed by atoms with E-state index in [1.165, 1.54) is 6.42 Å². The summed E-state index contributed by atoms with van der Waals surface area (Å²) in [6, 6.07) is 10.7. The van der Waals surface area contributed by atoms with Gasteiger partial charge in [-0.25, -0.2) is 0 Å². The highest BCUT2D eigenvalue weighted by molar-refractivity contribution is 5.79. The van der Waals surface area contributed by atoms with Crippen molar-refractivity contribution in [3.63, 3.8) is 0 Å². The van der Waals surface area contributed by atoms with Crippen LogP contribution < -0.4 is 5.56 Å². The predicted molar refractivity (Wildman–Crippen MR) is 86.6 cm³/mol. The first-order valence-electron chi connectivity index (χ1n) is 7.52. The SMILES string of the molecule is CN1CC[C@H](N(C)Cc2cc3ccccc3n(C)c2=O)C1. The second-order valence-corrected chi connectivity index (χ2v) is 6.21. The van der Waals surface area contributed by atoms with Gasteiger partial charge in [-0.2, -0.15) is 0 Å². The zero-order chi connectivity index (χ0) is 15.0. The highest BCUT2D eigenvalue weighted by Crippen LogP contribution is 2.17. The van der Waals surface area contributed by atoms with Crippen LogP contribution in [0.25, 0.3) is 10.9 Å². The van der Waals surface area contributed by atoms with Crippen LogP contribution in [-0.2, 0) is 13.6 Å². The van der Waals surface area contributed by atoms with Crippen molar-refractivity contribution in [2.24, 2.45) is 7.05 Å². The van der Waals surface area contributed by atoms with Crippen molar-refractivity contribution in [3.05, 3.63) is 46.2 Å². The Hall–Kier alpha value is -1.65. The van der Waals surface area contributed by atoms with Gasteiger partial charge in [0, 0.05) is 31.7 Å². The zero-order valence-corrected chi connectivity index (χ0v) is 13.0. The van der Waals surface area contributed by atoms with E-state index in [-0.39, 0.29) is 5.56 Å². The molecule has 4 heteroatoms. The minimum absolute atomic E-state index is 0.118. The highest BCUT2D eigenvalue weighted by atomic mass is 16.1. The van der Waals surface area contributed by atoms with Crippen molar-refractivity contribution in [2.45, 2.75) is 19.0 Å². The molecule has 0 spiro atoms. The number of likely N-dealkylation sites (N-methyl/N-ethyl adjacent to an activating group) is 2. The van der Waals surface area contributed by atoms with Crippen LogP contribution in [-0.4, -0.2) is 47.6 Å². The molecule has 112 valence electrons. The van der Waals surface area contributed by atoms with Crippen molar-refractivity contribution >= 4 is 10.9 Å². The molecule has 1 atom stereocenters. The zero-order valence-electron chi connectivity index (χ0n) is 13.0. The fraction of sp³-hybridized carbons (Fsp3) is 0.471. The Labute approximate surface area is 125 Å². The van der Waals surface area contributed by atoms with Gasteiger partial charge in [-0.1, -0.05) is 18.2 Å². The monoisotopic (exact) mass is 285 g/mol. The summed E-state index contributed by atoms with van der Waals surface area (Å²) in [6.45, 7) is 2.95. The van der Waals surface area contributed by atoms with Crippen LogP contribution in [0.15, 0.2) is 35.1 Å². The lowest BCUT2D eigenvalue weighted by Gasteiger charge is -2.24. The van der Waals surface area contributed by atoms with Crippen molar-refractivity contribution in [3.8, 4) is 0 Å². The van der Waals surface area contributed by atoms with E-state index in [2.05, 4.69) is 30.0 Å². The molecule has 21 heavy (non-hydrogen) atoms. The number of likely N-dealkylation sites (tertiary alicyclic amines) is 1. The van der Waals surface area contributed by atoms with Crippen molar-refractivity contribution in [1.82, 2.24) is 14.4 Å². The van der Waals surface area contributed by atoms with Gasteiger partial charge in [0.2, 0.25) is 0 Å². The Morgan fingerprint density at radius 3 is 2.76 bits per heavy atom. The molecule has 0 N–H and O–H groups in total. The first kappa shape index (κ1) is 14.3. The number of rotatable bonds is 3. The Kier molecular flexibility index (Phi) is 3.83. The molecule has 1 aliphatic heterocycles. The van der Waals surface area contributed by atoms with E-state index in [0.717, 1.165) is 36.1 Å². The molecular weight excluding hydrogens is 262 g/mol. The summed E-state index contributed by atoms with van der Waals surface area (Å²) in [5.41, 5.74) is 2.00. The summed E-state index contributed by atoms with van der Waals surface area (Å²) in [7, 11) is 6.14. The van der Waals surface area contributed by atoms with Crippen LogP contribution in [0.4, 0.5) is 0 Å². The van der Waals surface area contributed by atoms with E-state index in [1.807, 2.05) is 31.3 Å². The molecule has 0 unspecified atom stereocenters.